The fourth-order valence-corrected chi connectivity index (χ4v) is 4.77. The van der Waals surface area contributed by atoms with Crippen LogP contribution in [0.2, 0.25) is 0 Å². The SMILES string of the molecule is OC1CCCCC1N1CCC(Nc2cc(-c3ccccc3)nc3ncnn23)CC1. The molecule has 29 heavy (non-hydrogen) atoms. The van der Waals surface area contributed by atoms with Crippen molar-refractivity contribution in [1.82, 2.24) is 24.5 Å². The fraction of sp³-hybridized carbons (Fsp3) is 0.500. The minimum Gasteiger partial charge on any atom is -0.391 e. The van der Waals surface area contributed by atoms with Crippen molar-refractivity contribution < 1.29 is 5.11 Å². The number of piperidine rings is 1. The lowest BCUT2D eigenvalue weighted by atomic mass is 9.89. The van der Waals surface area contributed by atoms with Gasteiger partial charge in [0.15, 0.2) is 0 Å². The number of fused-ring (bicyclic) bond motifs is 1. The van der Waals surface area contributed by atoms with Crippen LogP contribution in [0.5, 0.6) is 0 Å². The largest absolute Gasteiger partial charge is 0.391 e. The molecule has 2 N–H and O–H groups in total. The second-order valence-electron chi connectivity index (χ2n) is 8.24. The smallest absolute Gasteiger partial charge is 0.254 e. The first-order chi connectivity index (χ1) is 14.3. The summed E-state index contributed by atoms with van der Waals surface area (Å²) in [6.07, 6.45) is 7.99. The van der Waals surface area contributed by atoms with E-state index in [2.05, 4.69) is 43.5 Å². The van der Waals surface area contributed by atoms with Crippen molar-refractivity contribution in [1.29, 1.82) is 0 Å². The van der Waals surface area contributed by atoms with Crippen LogP contribution in [0.4, 0.5) is 5.82 Å². The van der Waals surface area contributed by atoms with E-state index in [1.807, 2.05) is 18.2 Å². The van der Waals surface area contributed by atoms with Crippen LogP contribution in [0.15, 0.2) is 42.7 Å². The molecule has 7 nitrogen and oxygen atoms in total. The highest BCUT2D eigenvalue weighted by Crippen LogP contribution is 2.27. The van der Waals surface area contributed by atoms with E-state index >= 15 is 0 Å². The third-order valence-corrected chi connectivity index (χ3v) is 6.37. The van der Waals surface area contributed by atoms with Crippen LogP contribution in [0.25, 0.3) is 17.0 Å². The van der Waals surface area contributed by atoms with E-state index in [0.717, 1.165) is 62.3 Å². The van der Waals surface area contributed by atoms with Crippen molar-refractivity contribution in [3.8, 4) is 11.3 Å². The van der Waals surface area contributed by atoms with Crippen LogP contribution in [0, 0.1) is 0 Å². The molecule has 1 saturated heterocycles. The maximum Gasteiger partial charge on any atom is 0.254 e. The van der Waals surface area contributed by atoms with Crippen molar-refractivity contribution in [2.45, 2.75) is 56.7 Å². The second kappa shape index (κ2) is 8.08. The lowest BCUT2D eigenvalue weighted by Crippen LogP contribution is -2.50. The van der Waals surface area contributed by atoms with Gasteiger partial charge in [0.1, 0.15) is 12.1 Å². The van der Waals surface area contributed by atoms with Gasteiger partial charge in [0, 0.05) is 36.8 Å². The van der Waals surface area contributed by atoms with Gasteiger partial charge < -0.3 is 10.4 Å². The van der Waals surface area contributed by atoms with E-state index in [4.69, 9.17) is 0 Å². The van der Waals surface area contributed by atoms with Crippen LogP contribution >= 0.6 is 0 Å². The van der Waals surface area contributed by atoms with Gasteiger partial charge in [0.25, 0.3) is 5.78 Å². The zero-order valence-electron chi connectivity index (χ0n) is 16.6. The highest BCUT2D eigenvalue weighted by Gasteiger charge is 2.31. The molecule has 0 radical (unpaired) electrons. The van der Waals surface area contributed by atoms with Gasteiger partial charge in [0.2, 0.25) is 0 Å². The van der Waals surface area contributed by atoms with E-state index in [0.29, 0.717) is 17.9 Å². The molecule has 1 aliphatic carbocycles. The number of aliphatic hydroxyl groups excluding tert-OH is 1. The van der Waals surface area contributed by atoms with Gasteiger partial charge in [0.05, 0.1) is 11.8 Å². The van der Waals surface area contributed by atoms with Gasteiger partial charge in [-0.15, -0.1) is 0 Å². The molecule has 3 heterocycles. The number of anilines is 1. The minimum atomic E-state index is -0.156. The third kappa shape index (κ3) is 3.84. The van der Waals surface area contributed by atoms with Gasteiger partial charge in [-0.05, 0) is 25.7 Å². The lowest BCUT2D eigenvalue weighted by molar-refractivity contribution is 0.00991. The summed E-state index contributed by atoms with van der Waals surface area (Å²) in [6.45, 7) is 2.05. The number of hydrogen-bond donors (Lipinski definition) is 2. The summed E-state index contributed by atoms with van der Waals surface area (Å²) in [5.41, 5.74) is 1.97. The average Bonchev–Trinajstić information content (AvgIpc) is 3.25. The van der Waals surface area contributed by atoms with E-state index in [1.54, 1.807) is 10.8 Å². The van der Waals surface area contributed by atoms with Crippen LogP contribution in [-0.2, 0) is 0 Å². The molecule has 2 aromatic heterocycles. The van der Waals surface area contributed by atoms with Gasteiger partial charge in [-0.1, -0.05) is 43.2 Å². The van der Waals surface area contributed by atoms with E-state index in [-0.39, 0.29) is 6.10 Å². The van der Waals surface area contributed by atoms with Crippen molar-refractivity contribution in [3.63, 3.8) is 0 Å². The first-order valence-electron chi connectivity index (χ1n) is 10.7. The highest BCUT2D eigenvalue weighted by atomic mass is 16.3. The first-order valence-corrected chi connectivity index (χ1v) is 10.7. The Bertz CT molecular complexity index is 950. The number of rotatable bonds is 4. The van der Waals surface area contributed by atoms with Crippen molar-refractivity contribution in [3.05, 3.63) is 42.7 Å². The topological polar surface area (TPSA) is 78.6 Å². The Balaban J connectivity index is 1.31. The van der Waals surface area contributed by atoms with Crippen molar-refractivity contribution in [2.24, 2.45) is 0 Å². The lowest BCUT2D eigenvalue weighted by Gasteiger charge is -2.41. The molecule has 1 aromatic carbocycles. The Morgan fingerprint density at radius 1 is 1.00 bits per heavy atom. The van der Waals surface area contributed by atoms with Gasteiger partial charge in [-0.2, -0.15) is 14.6 Å². The second-order valence-corrected chi connectivity index (χ2v) is 8.24. The molecule has 1 saturated carbocycles. The van der Waals surface area contributed by atoms with Crippen molar-refractivity contribution >= 4 is 11.6 Å². The summed E-state index contributed by atoms with van der Waals surface area (Å²) in [7, 11) is 0. The molecule has 2 aliphatic rings. The zero-order chi connectivity index (χ0) is 19.6. The predicted molar refractivity (Wildman–Crippen MR) is 113 cm³/mol. The zero-order valence-corrected chi connectivity index (χ0v) is 16.6. The van der Waals surface area contributed by atoms with Crippen LogP contribution in [0.1, 0.15) is 38.5 Å². The van der Waals surface area contributed by atoms with Crippen LogP contribution in [0.3, 0.4) is 0 Å². The molecule has 152 valence electrons. The van der Waals surface area contributed by atoms with Gasteiger partial charge in [-0.25, -0.2) is 4.98 Å². The van der Waals surface area contributed by atoms with Gasteiger partial charge >= 0.3 is 0 Å². The molecular weight excluding hydrogens is 364 g/mol. The molecule has 5 rings (SSSR count). The molecule has 0 spiro atoms. The van der Waals surface area contributed by atoms with E-state index in [1.165, 1.54) is 6.42 Å². The van der Waals surface area contributed by atoms with E-state index in [9.17, 15) is 5.11 Å². The molecule has 2 atom stereocenters. The summed E-state index contributed by atoms with van der Waals surface area (Å²) >= 11 is 0. The Kier molecular flexibility index (Phi) is 5.16. The van der Waals surface area contributed by atoms with Crippen molar-refractivity contribution in [2.75, 3.05) is 18.4 Å². The first kappa shape index (κ1) is 18.5. The molecule has 2 fully saturated rings. The summed E-state index contributed by atoms with van der Waals surface area (Å²) in [6, 6.07) is 13.0. The predicted octanol–water partition coefficient (Wildman–Crippen LogP) is 2.97. The molecule has 0 amide bonds. The molecule has 7 heteroatoms. The van der Waals surface area contributed by atoms with E-state index < -0.39 is 0 Å². The molecule has 0 bridgehead atoms. The summed E-state index contributed by atoms with van der Waals surface area (Å²) in [5, 5.41) is 18.4. The maximum absolute atomic E-state index is 10.4. The Hall–Kier alpha value is -2.51. The standard InChI is InChI=1S/C22H28N6O/c29-20-9-5-4-8-19(20)27-12-10-17(11-13-27)25-21-14-18(16-6-2-1-3-7-16)26-22-23-15-24-28(21)22/h1-3,6-7,14-15,17,19-20,25,29H,4-5,8-13H2. The number of likely N-dealkylation sites (tertiary alicyclic amines) is 1. The number of aliphatic hydroxyl groups is 1. The molecule has 1 aliphatic heterocycles. The minimum absolute atomic E-state index is 0.156. The maximum atomic E-state index is 10.4. The molecule has 2 unspecified atom stereocenters. The fourth-order valence-electron chi connectivity index (χ4n) is 4.77. The quantitative estimate of drug-likeness (QED) is 0.711. The normalized spacial score (nSPS) is 24.0. The Labute approximate surface area is 170 Å². The number of nitrogens with zero attached hydrogens (tertiary/aromatic N) is 5. The monoisotopic (exact) mass is 392 g/mol. The number of aromatic nitrogens is 4. The Morgan fingerprint density at radius 2 is 1.79 bits per heavy atom. The molecule has 3 aromatic rings. The number of hydrogen-bond acceptors (Lipinski definition) is 6. The number of nitrogens with one attached hydrogen (secondary N) is 1. The van der Waals surface area contributed by atoms with Crippen LogP contribution in [-0.4, -0.2) is 60.9 Å². The van der Waals surface area contributed by atoms with Crippen LogP contribution < -0.4 is 5.32 Å². The summed E-state index contributed by atoms with van der Waals surface area (Å²) in [4.78, 5) is 11.5. The summed E-state index contributed by atoms with van der Waals surface area (Å²) in [5.74, 6) is 1.54. The number of benzene rings is 1. The van der Waals surface area contributed by atoms with Gasteiger partial charge in [-0.3, -0.25) is 4.90 Å². The third-order valence-electron chi connectivity index (χ3n) is 6.37. The molecular formula is C22H28N6O. The highest BCUT2D eigenvalue weighted by molar-refractivity contribution is 5.65. The average molecular weight is 393 g/mol. The summed E-state index contributed by atoms with van der Waals surface area (Å²) < 4.78 is 1.78. The Morgan fingerprint density at radius 3 is 2.59 bits per heavy atom.